The zero-order valence-electron chi connectivity index (χ0n) is 11.9. The highest BCUT2D eigenvalue weighted by Gasteiger charge is 2.13. The first-order valence-corrected chi connectivity index (χ1v) is 7.81. The van der Waals surface area contributed by atoms with Crippen molar-refractivity contribution < 1.29 is 4.42 Å². The van der Waals surface area contributed by atoms with Crippen molar-refractivity contribution in [2.45, 2.75) is 0 Å². The van der Waals surface area contributed by atoms with Gasteiger partial charge in [-0.1, -0.05) is 18.2 Å². The van der Waals surface area contributed by atoms with Crippen molar-refractivity contribution >= 4 is 49.5 Å². The zero-order valence-corrected chi connectivity index (χ0v) is 12.7. The monoisotopic (exact) mass is 321 g/mol. The smallest absolute Gasteiger partial charge is 0.347 e. The second-order valence-corrected chi connectivity index (χ2v) is 5.86. The summed E-state index contributed by atoms with van der Waals surface area (Å²) in [6.45, 7) is 0. The lowest BCUT2D eigenvalue weighted by atomic mass is 10.1. The molecule has 2 aromatic heterocycles. The van der Waals surface area contributed by atoms with Gasteiger partial charge in [0.25, 0.3) is 0 Å². The molecule has 0 radical (unpaired) electrons. The first kappa shape index (κ1) is 13.7. The summed E-state index contributed by atoms with van der Waals surface area (Å²) < 4.78 is 5.37. The van der Waals surface area contributed by atoms with Crippen LogP contribution in [0.5, 0.6) is 0 Å². The van der Waals surface area contributed by atoms with Gasteiger partial charge in [0.2, 0.25) is 0 Å². The summed E-state index contributed by atoms with van der Waals surface area (Å²) in [5, 5.41) is 13.0. The van der Waals surface area contributed by atoms with E-state index in [2.05, 4.69) is 10.2 Å². The van der Waals surface area contributed by atoms with Crippen LogP contribution in [0.3, 0.4) is 0 Å². The molecule has 2 heterocycles. The molecule has 0 saturated carbocycles. The molecule has 0 amide bonds. The van der Waals surface area contributed by atoms with Gasteiger partial charge in [-0.05, 0) is 30.3 Å². The molecule has 4 aromatic rings. The first-order chi connectivity index (χ1) is 11.2. The highest BCUT2D eigenvalue weighted by Crippen LogP contribution is 2.36. The third-order valence-electron chi connectivity index (χ3n) is 3.51. The molecule has 112 valence electrons. The predicted molar refractivity (Wildman–Crippen MR) is 92.9 cm³/mol. The Balaban J connectivity index is 1.86. The standard InChI is InChI=1S/C17H11N3O2S/c18-10-5-7-11(8-6-10)19-20-16-15-13(9-23-16)12-3-1-2-4-14(12)22-17(15)21/h1-9H,18H2. The van der Waals surface area contributed by atoms with E-state index in [1.807, 2.05) is 23.6 Å². The van der Waals surface area contributed by atoms with Crippen LogP contribution in [-0.4, -0.2) is 0 Å². The molecule has 0 bridgehead atoms. The molecule has 5 nitrogen and oxygen atoms in total. The second-order valence-electron chi connectivity index (χ2n) is 5.01. The van der Waals surface area contributed by atoms with Crippen LogP contribution < -0.4 is 11.4 Å². The van der Waals surface area contributed by atoms with Crippen molar-refractivity contribution in [3.05, 3.63) is 64.3 Å². The van der Waals surface area contributed by atoms with Gasteiger partial charge in [-0.2, -0.15) is 0 Å². The van der Waals surface area contributed by atoms with Crippen molar-refractivity contribution in [1.29, 1.82) is 0 Å². The van der Waals surface area contributed by atoms with Crippen LogP contribution in [0.25, 0.3) is 21.7 Å². The summed E-state index contributed by atoms with van der Waals surface area (Å²) in [6.07, 6.45) is 0. The van der Waals surface area contributed by atoms with Gasteiger partial charge >= 0.3 is 5.63 Å². The van der Waals surface area contributed by atoms with Crippen molar-refractivity contribution in [3.8, 4) is 0 Å². The SMILES string of the molecule is Nc1ccc(N=Nc2scc3c2c(=O)oc2ccccc23)cc1. The number of anilines is 1. The second kappa shape index (κ2) is 5.33. The molecule has 4 rings (SSSR count). The molecule has 2 N–H and O–H groups in total. The molecule has 2 aromatic carbocycles. The summed E-state index contributed by atoms with van der Waals surface area (Å²) in [4.78, 5) is 12.3. The Morgan fingerprint density at radius 1 is 0.957 bits per heavy atom. The van der Waals surface area contributed by atoms with E-state index in [1.165, 1.54) is 11.3 Å². The summed E-state index contributed by atoms with van der Waals surface area (Å²) in [6, 6.07) is 14.5. The predicted octanol–water partition coefficient (Wildman–Crippen LogP) is 5.01. The molecule has 0 atom stereocenters. The van der Waals surface area contributed by atoms with Crippen molar-refractivity contribution in [3.63, 3.8) is 0 Å². The first-order valence-electron chi connectivity index (χ1n) is 6.93. The number of benzene rings is 2. The number of rotatable bonds is 2. The molecule has 0 aliphatic heterocycles. The van der Waals surface area contributed by atoms with Gasteiger partial charge in [-0.25, -0.2) is 4.79 Å². The average Bonchev–Trinajstić information content (AvgIpc) is 2.99. The Kier molecular flexibility index (Phi) is 3.17. The van der Waals surface area contributed by atoms with Crippen molar-refractivity contribution in [2.75, 3.05) is 5.73 Å². The lowest BCUT2D eigenvalue weighted by Crippen LogP contribution is -1.97. The van der Waals surface area contributed by atoms with Gasteiger partial charge in [-0.3, -0.25) is 0 Å². The van der Waals surface area contributed by atoms with Crippen LogP contribution in [-0.2, 0) is 0 Å². The highest BCUT2D eigenvalue weighted by atomic mass is 32.1. The minimum absolute atomic E-state index is 0.397. The van der Waals surface area contributed by atoms with Crippen LogP contribution >= 0.6 is 11.3 Å². The Bertz CT molecular complexity index is 1090. The molecule has 0 fully saturated rings. The van der Waals surface area contributed by atoms with Gasteiger partial charge < -0.3 is 10.2 Å². The molecule has 6 heteroatoms. The Labute approximate surface area is 134 Å². The van der Waals surface area contributed by atoms with Crippen LogP contribution in [0.15, 0.2) is 73.4 Å². The number of nitrogens with two attached hydrogens (primary N) is 1. The minimum atomic E-state index is -0.397. The Morgan fingerprint density at radius 2 is 1.74 bits per heavy atom. The normalized spacial score (nSPS) is 11.7. The van der Waals surface area contributed by atoms with Crippen molar-refractivity contribution in [1.82, 2.24) is 0 Å². The van der Waals surface area contributed by atoms with E-state index in [0.717, 1.165) is 10.8 Å². The third kappa shape index (κ3) is 2.39. The lowest BCUT2D eigenvalue weighted by molar-refractivity contribution is 0.570. The number of hydrogen-bond donors (Lipinski definition) is 1. The summed E-state index contributed by atoms with van der Waals surface area (Å²) in [7, 11) is 0. The maximum atomic E-state index is 12.3. The largest absolute Gasteiger partial charge is 0.422 e. The van der Waals surface area contributed by atoms with E-state index >= 15 is 0 Å². The van der Waals surface area contributed by atoms with Crippen LogP contribution in [0.2, 0.25) is 0 Å². The molecule has 23 heavy (non-hydrogen) atoms. The van der Waals surface area contributed by atoms with E-state index in [0.29, 0.717) is 27.3 Å². The number of fused-ring (bicyclic) bond motifs is 3. The number of hydrogen-bond acceptors (Lipinski definition) is 6. The zero-order chi connectivity index (χ0) is 15.8. The number of nitrogen functional groups attached to an aromatic ring is 1. The summed E-state index contributed by atoms with van der Waals surface area (Å²) in [5.74, 6) is 0. The molecule has 0 unspecified atom stereocenters. The fourth-order valence-electron chi connectivity index (χ4n) is 2.39. The summed E-state index contributed by atoms with van der Waals surface area (Å²) in [5.41, 5.74) is 7.15. The lowest BCUT2D eigenvalue weighted by Gasteiger charge is -1.97. The number of para-hydroxylation sites is 1. The molecular formula is C17H11N3O2S. The number of azo groups is 1. The quantitative estimate of drug-likeness (QED) is 0.320. The van der Waals surface area contributed by atoms with Gasteiger partial charge in [0.05, 0.1) is 5.69 Å². The maximum Gasteiger partial charge on any atom is 0.347 e. The van der Waals surface area contributed by atoms with Gasteiger partial charge in [0.15, 0.2) is 5.00 Å². The fraction of sp³-hybridized carbons (Fsp3) is 0. The Morgan fingerprint density at radius 3 is 2.57 bits per heavy atom. The molecule has 0 aliphatic carbocycles. The number of nitrogens with zero attached hydrogens (tertiary/aromatic N) is 2. The topological polar surface area (TPSA) is 81.0 Å². The van der Waals surface area contributed by atoms with E-state index in [9.17, 15) is 4.79 Å². The van der Waals surface area contributed by atoms with E-state index in [1.54, 1.807) is 30.3 Å². The maximum absolute atomic E-state index is 12.3. The fourth-order valence-corrected chi connectivity index (χ4v) is 3.26. The van der Waals surface area contributed by atoms with Crippen LogP contribution in [0, 0.1) is 0 Å². The molecular weight excluding hydrogens is 310 g/mol. The van der Waals surface area contributed by atoms with Gasteiger partial charge in [0.1, 0.15) is 11.0 Å². The van der Waals surface area contributed by atoms with E-state index in [4.69, 9.17) is 10.2 Å². The van der Waals surface area contributed by atoms with Crippen LogP contribution in [0.4, 0.5) is 16.4 Å². The minimum Gasteiger partial charge on any atom is -0.422 e. The number of thiophene rings is 1. The average molecular weight is 321 g/mol. The van der Waals surface area contributed by atoms with E-state index < -0.39 is 5.63 Å². The Hall–Kier alpha value is -2.99. The van der Waals surface area contributed by atoms with Gasteiger partial charge in [0, 0.05) is 21.8 Å². The van der Waals surface area contributed by atoms with Crippen molar-refractivity contribution in [2.24, 2.45) is 10.2 Å². The molecule has 0 saturated heterocycles. The molecule has 0 spiro atoms. The van der Waals surface area contributed by atoms with Crippen LogP contribution in [0.1, 0.15) is 0 Å². The highest BCUT2D eigenvalue weighted by molar-refractivity contribution is 7.15. The van der Waals surface area contributed by atoms with Gasteiger partial charge in [-0.15, -0.1) is 21.6 Å². The van der Waals surface area contributed by atoms with E-state index in [-0.39, 0.29) is 0 Å². The third-order valence-corrected chi connectivity index (χ3v) is 4.37. The molecule has 0 aliphatic rings. The summed E-state index contributed by atoms with van der Waals surface area (Å²) >= 11 is 1.37.